The molecule has 0 rings (SSSR count). The van der Waals surface area contributed by atoms with Gasteiger partial charge in [0.15, 0.2) is 0 Å². The highest BCUT2D eigenvalue weighted by atomic mass is 20.0. The van der Waals surface area contributed by atoms with Crippen LogP contribution in [-0.2, 0) is 4.79 Å². The quantitative estimate of drug-likeness (QED) is 0.497. The third kappa shape index (κ3) is 34.4. The first-order chi connectivity index (χ1) is 3.27. The van der Waals surface area contributed by atoms with Crippen LogP contribution in [0.15, 0.2) is 0 Å². The molecule has 0 unspecified atom stereocenters. The first-order valence-corrected chi connectivity index (χ1v) is 1.33. The Morgan fingerprint density at radius 3 is 1.86 bits per heavy atom. The van der Waals surface area contributed by atoms with E-state index < -0.39 is 5.97 Å². The smallest absolute Gasteiger partial charge is 0.317 e. The molecule has 0 aliphatic rings. The molecule has 3 N–H and O–H groups in total. The lowest BCUT2D eigenvalue weighted by Gasteiger charge is -1.73. The van der Waals surface area contributed by atoms with Crippen molar-refractivity contribution in [2.75, 3.05) is 6.54 Å². The largest absolute Gasteiger partial charge is 0.480 e. The fourth-order valence-corrected chi connectivity index (χ4v) is 0. The van der Waals surface area contributed by atoms with Crippen LogP contribution in [0.1, 0.15) is 0 Å². The maximum absolute atomic E-state index is 9.24. The minimum atomic E-state index is -0.968. The Morgan fingerprint density at radius 2 is 1.86 bits per heavy atom. The van der Waals surface area contributed by atoms with Crippen LogP contribution >= 0.6 is 0 Å². The first kappa shape index (κ1) is 9.56. The van der Waals surface area contributed by atoms with Gasteiger partial charge >= 0.3 is 5.97 Å². The second-order valence-electron chi connectivity index (χ2n) is 0.598. The fourth-order valence-electron chi connectivity index (χ4n) is 0. The fraction of sp³-hybridized carbons (Fsp3) is 0.500. The first-order valence-electron chi connectivity index (χ1n) is 1.33. The molecular weight excluding hydrogens is 108 g/mol. The number of halogens is 2. The summed E-state index contributed by atoms with van der Waals surface area (Å²) in [7, 11) is 0. The molecule has 0 heterocycles. The Hall–Kier alpha value is -0.710. The number of aliphatic carboxylic acids is 1. The van der Waals surface area contributed by atoms with Gasteiger partial charge in [0.25, 0.3) is 0 Å². The summed E-state index contributed by atoms with van der Waals surface area (Å²) in [6, 6.07) is 0. The van der Waals surface area contributed by atoms with E-state index in [0.717, 1.165) is 0 Å². The second-order valence-corrected chi connectivity index (χ2v) is 0.598. The molecule has 0 saturated carbocycles. The van der Waals surface area contributed by atoms with Gasteiger partial charge in [-0.3, -0.25) is 4.79 Å². The van der Waals surface area contributed by atoms with Gasteiger partial charge in [-0.1, -0.05) is 0 Å². The monoisotopic (exact) mass is 113 g/mol. The molecule has 0 aromatic rings. The van der Waals surface area contributed by atoms with Gasteiger partial charge in [0.05, 0.1) is 6.54 Å². The maximum Gasteiger partial charge on any atom is 0.317 e. The Labute approximate surface area is 38.6 Å². The summed E-state index contributed by atoms with van der Waals surface area (Å²) in [4.78, 5) is 9.24. The van der Waals surface area contributed by atoms with Gasteiger partial charge < -0.3 is 10.8 Å². The van der Waals surface area contributed by atoms with E-state index in [9.17, 15) is 4.79 Å². The normalized spacial score (nSPS) is 6.14. The van der Waals surface area contributed by atoms with Crippen molar-refractivity contribution in [3.8, 4) is 0 Å². The molecule has 0 aliphatic carbocycles. The topological polar surface area (TPSA) is 63.3 Å². The van der Waals surface area contributed by atoms with Crippen LogP contribution < -0.4 is 5.73 Å². The Kier molecular flexibility index (Phi) is 12.3. The molecule has 0 aromatic carbocycles. The molecule has 0 amide bonds. The number of hydrogen-bond acceptors (Lipinski definition) is 2. The second kappa shape index (κ2) is 8.99. The Morgan fingerprint density at radius 1 is 1.71 bits per heavy atom. The van der Waals surface area contributed by atoms with E-state index in [1.807, 2.05) is 0 Å². The SMILES string of the molecule is FF.NCC(=O)O. The van der Waals surface area contributed by atoms with Crippen LogP contribution in [-0.4, -0.2) is 17.6 Å². The van der Waals surface area contributed by atoms with Gasteiger partial charge in [-0.2, -0.15) is 0 Å². The van der Waals surface area contributed by atoms with Crippen LogP contribution in [0.4, 0.5) is 9.15 Å². The minimum Gasteiger partial charge on any atom is -0.480 e. The molecule has 0 bridgehead atoms. The summed E-state index contributed by atoms with van der Waals surface area (Å²) in [6.45, 7) is -0.278. The molecule has 0 spiro atoms. The van der Waals surface area contributed by atoms with Gasteiger partial charge in [-0.15, -0.1) is 0 Å². The van der Waals surface area contributed by atoms with Crippen molar-refractivity contribution in [3.63, 3.8) is 0 Å². The number of carboxylic acid groups (broad SMARTS) is 1. The number of nitrogens with two attached hydrogens (primary N) is 1. The number of rotatable bonds is 1. The minimum absolute atomic E-state index is 0.278. The van der Waals surface area contributed by atoms with Crippen LogP contribution in [0.2, 0.25) is 0 Å². The lowest BCUT2D eigenvalue weighted by Crippen LogP contribution is -2.10. The molecule has 0 atom stereocenters. The predicted molar refractivity (Wildman–Crippen MR) is 18.9 cm³/mol. The van der Waals surface area contributed by atoms with Crippen LogP contribution in [0.5, 0.6) is 0 Å². The third-order valence-electron chi connectivity index (χ3n) is 0.175. The highest BCUT2D eigenvalue weighted by Crippen LogP contribution is 1.43. The van der Waals surface area contributed by atoms with E-state index in [1.165, 1.54) is 0 Å². The standard InChI is InChI=1S/C2H5NO2.F2/c3-1-2(4)5;1-2/h1,3H2,(H,4,5);. The highest BCUT2D eigenvalue weighted by Gasteiger charge is 1.81. The van der Waals surface area contributed by atoms with E-state index >= 15 is 0 Å². The summed E-state index contributed by atoms with van der Waals surface area (Å²) in [5, 5.41) is 7.60. The summed E-state index contributed by atoms with van der Waals surface area (Å²) in [5.74, 6) is -0.968. The summed E-state index contributed by atoms with van der Waals surface area (Å²) in [6.07, 6.45) is 0. The van der Waals surface area contributed by atoms with Crippen molar-refractivity contribution >= 4 is 5.97 Å². The molecule has 0 saturated heterocycles. The summed E-state index contributed by atoms with van der Waals surface area (Å²) < 4.78 is 16.0. The molecule has 5 heteroatoms. The highest BCUT2D eigenvalue weighted by molar-refractivity contribution is 5.68. The van der Waals surface area contributed by atoms with Crippen molar-refractivity contribution in [1.82, 2.24) is 0 Å². The Balaban J connectivity index is 0. The molecule has 0 aromatic heterocycles. The van der Waals surface area contributed by atoms with E-state index in [2.05, 4.69) is 5.73 Å². The zero-order valence-electron chi connectivity index (χ0n) is 3.40. The molecule has 44 valence electrons. The zero-order chi connectivity index (χ0) is 6.28. The number of carbonyl (C=O) groups is 1. The molecule has 3 nitrogen and oxygen atoms in total. The van der Waals surface area contributed by atoms with Crippen molar-refractivity contribution < 1.29 is 19.0 Å². The van der Waals surface area contributed by atoms with Crippen LogP contribution in [0.25, 0.3) is 0 Å². The van der Waals surface area contributed by atoms with Crippen LogP contribution in [0, 0.1) is 0 Å². The van der Waals surface area contributed by atoms with E-state index in [-0.39, 0.29) is 6.54 Å². The van der Waals surface area contributed by atoms with Gasteiger partial charge in [-0.05, 0) is 0 Å². The lowest BCUT2D eigenvalue weighted by molar-refractivity contribution is -0.135. The predicted octanol–water partition coefficient (Wildman–Crippen LogP) is -0.130. The maximum atomic E-state index is 9.24. The summed E-state index contributed by atoms with van der Waals surface area (Å²) >= 11 is 0. The average Bonchev–Trinajstić information content (AvgIpc) is 1.73. The van der Waals surface area contributed by atoms with Crippen molar-refractivity contribution in [1.29, 1.82) is 0 Å². The molecule has 0 fully saturated rings. The van der Waals surface area contributed by atoms with Gasteiger partial charge in [0.2, 0.25) is 0 Å². The zero-order valence-corrected chi connectivity index (χ0v) is 3.40. The van der Waals surface area contributed by atoms with E-state index in [0.29, 0.717) is 0 Å². The molecular formula is C2H5F2NO2. The molecule has 0 radical (unpaired) electrons. The average molecular weight is 113 g/mol. The van der Waals surface area contributed by atoms with Gasteiger partial charge in [-0.25, -0.2) is 0 Å². The van der Waals surface area contributed by atoms with Crippen molar-refractivity contribution in [2.24, 2.45) is 5.73 Å². The Bertz CT molecular complexity index is 49.0. The van der Waals surface area contributed by atoms with E-state index in [4.69, 9.17) is 14.3 Å². The summed E-state index contributed by atoms with van der Waals surface area (Å²) in [5.41, 5.74) is 4.57. The number of carboxylic acids is 1. The van der Waals surface area contributed by atoms with Crippen LogP contribution in [0.3, 0.4) is 0 Å². The number of hydrogen-bond donors (Lipinski definition) is 2. The van der Waals surface area contributed by atoms with Gasteiger partial charge in [0, 0.05) is 9.15 Å². The third-order valence-corrected chi connectivity index (χ3v) is 0.175. The van der Waals surface area contributed by atoms with E-state index in [1.54, 1.807) is 0 Å². The molecule has 7 heavy (non-hydrogen) atoms. The van der Waals surface area contributed by atoms with Gasteiger partial charge in [0.1, 0.15) is 0 Å². The lowest BCUT2D eigenvalue weighted by atomic mass is 10.7. The molecule has 0 aliphatic heterocycles. The van der Waals surface area contributed by atoms with Crippen molar-refractivity contribution in [3.05, 3.63) is 0 Å². The van der Waals surface area contributed by atoms with Crippen molar-refractivity contribution in [2.45, 2.75) is 0 Å².